The molecular weight excluding hydrogens is 194 g/mol. The SMILES string of the molecule is CC(C)c1ccn2nc(C(N)=O)nc2n1. The number of hydrogen-bond donors (Lipinski definition) is 1. The predicted octanol–water partition coefficient (Wildman–Crippen LogP) is 0.347. The second-order valence-electron chi connectivity index (χ2n) is 3.55. The number of carbonyl (C=O) groups excluding carboxylic acids is 1. The maximum absolute atomic E-state index is 10.8. The molecule has 0 aliphatic rings. The van der Waals surface area contributed by atoms with Gasteiger partial charge in [-0.3, -0.25) is 4.79 Å². The molecule has 0 atom stereocenters. The number of fused-ring (bicyclic) bond motifs is 1. The van der Waals surface area contributed by atoms with Crippen molar-refractivity contribution in [3.8, 4) is 0 Å². The van der Waals surface area contributed by atoms with E-state index in [2.05, 4.69) is 15.1 Å². The van der Waals surface area contributed by atoms with E-state index in [1.165, 1.54) is 4.52 Å². The number of carbonyl (C=O) groups is 1. The smallest absolute Gasteiger partial charge is 0.288 e. The van der Waals surface area contributed by atoms with E-state index in [9.17, 15) is 4.79 Å². The second kappa shape index (κ2) is 3.30. The third-order valence-corrected chi connectivity index (χ3v) is 2.04. The number of nitrogens with two attached hydrogens (primary N) is 1. The lowest BCUT2D eigenvalue weighted by atomic mass is 10.1. The Kier molecular flexibility index (Phi) is 2.11. The van der Waals surface area contributed by atoms with Gasteiger partial charge in [-0.15, -0.1) is 5.10 Å². The molecule has 2 aromatic rings. The minimum Gasteiger partial charge on any atom is -0.363 e. The van der Waals surface area contributed by atoms with Crippen molar-refractivity contribution < 1.29 is 4.79 Å². The molecule has 0 aliphatic heterocycles. The number of nitrogens with zero attached hydrogens (tertiary/aromatic N) is 4. The monoisotopic (exact) mass is 205 g/mol. The van der Waals surface area contributed by atoms with Gasteiger partial charge in [0.2, 0.25) is 5.82 Å². The highest BCUT2D eigenvalue weighted by atomic mass is 16.1. The van der Waals surface area contributed by atoms with Gasteiger partial charge in [-0.2, -0.15) is 4.98 Å². The Bertz CT molecular complexity index is 516. The zero-order valence-corrected chi connectivity index (χ0v) is 8.51. The summed E-state index contributed by atoms with van der Waals surface area (Å²) in [5.74, 6) is 0.0498. The van der Waals surface area contributed by atoms with E-state index in [1.807, 2.05) is 19.9 Å². The van der Waals surface area contributed by atoms with E-state index in [4.69, 9.17) is 5.73 Å². The van der Waals surface area contributed by atoms with Gasteiger partial charge in [-0.05, 0) is 12.0 Å². The first-order valence-corrected chi connectivity index (χ1v) is 4.61. The summed E-state index contributed by atoms with van der Waals surface area (Å²) in [6, 6.07) is 1.84. The van der Waals surface area contributed by atoms with Crippen LogP contribution in [0, 0.1) is 0 Å². The highest BCUT2D eigenvalue weighted by Crippen LogP contribution is 2.11. The largest absolute Gasteiger partial charge is 0.363 e. The number of amides is 1. The van der Waals surface area contributed by atoms with Crippen LogP contribution >= 0.6 is 0 Å². The summed E-state index contributed by atoms with van der Waals surface area (Å²) < 4.78 is 1.44. The van der Waals surface area contributed by atoms with Gasteiger partial charge in [0.25, 0.3) is 11.7 Å². The lowest BCUT2D eigenvalue weighted by Crippen LogP contribution is -2.12. The van der Waals surface area contributed by atoms with Gasteiger partial charge in [0.05, 0.1) is 0 Å². The summed E-state index contributed by atoms with van der Waals surface area (Å²) >= 11 is 0. The molecule has 15 heavy (non-hydrogen) atoms. The molecule has 0 spiro atoms. The summed E-state index contributed by atoms with van der Waals surface area (Å²) in [6.45, 7) is 4.06. The molecule has 6 heteroatoms. The van der Waals surface area contributed by atoms with E-state index in [0.717, 1.165) is 5.69 Å². The summed E-state index contributed by atoms with van der Waals surface area (Å²) in [5, 5.41) is 3.88. The summed E-state index contributed by atoms with van der Waals surface area (Å²) in [5.41, 5.74) is 5.98. The first kappa shape index (κ1) is 9.57. The van der Waals surface area contributed by atoms with Crippen LogP contribution in [-0.2, 0) is 0 Å². The van der Waals surface area contributed by atoms with E-state index < -0.39 is 5.91 Å². The zero-order valence-electron chi connectivity index (χ0n) is 8.51. The zero-order chi connectivity index (χ0) is 11.0. The fraction of sp³-hybridized carbons (Fsp3) is 0.333. The minimum atomic E-state index is -0.647. The molecule has 0 radical (unpaired) electrons. The highest BCUT2D eigenvalue weighted by Gasteiger charge is 2.10. The van der Waals surface area contributed by atoms with Gasteiger partial charge in [-0.1, -0.05) is 13.8 Å². The first-order chi connectivity index (χ1) is 7.08. The molecule has 0 aliphatic carbocycles. The van der Waals surface area contributed by atoms with Crippen molar-refractivity contribution in [1.82, 2.24) is 19.6 Å². The van der Waals surface area contributed by atoms with Gasteiger partial charge in [0.1, 0.15) is 0 Å². The number of aromatic nitrogens is 4. The third-order valence-electron chi connectivity index (χ3n) is 2.04. The van der Waals surface area contributed by atoms with Crippen molar-refractivity contribution in [1.29, 1.82) is 0 Å². The van der Waals surface area contributed by atoms with Gasteiger partial charge >= 0.3 is 0 Å². The molecule has 0 saturated heterocycles. The van der Waals surface area contributed by atoms with Gasteiger partial charge < -0.3 is 5.73 Å². The van der Waals surface area contributed by atoms with Gasteiger partial charge in [-0.25, -0.2) is 9.50 Å². The Morgan fingerprint density at radius 2 is 2.20 bits per heavy atom. The van der Waals surface area contributed by atoms with Gasteiger partial charge in [0, 0.05) is 11.9 Å². The fourth-order valence-electron chi connectivity index (χ4n) is 1.22. The lowest BCUT2D eigenvalue weighted by molar-refractivity contribution is 0.0990. The fourth-order valence-corrected chi connectivity index (χ4v) is 1.22. The van der Waals surface area contributed by atoms with Crippen LogP contribution in [-0.4, -0.2) is 25.5 Å². The maximum atomic E-state index is 10.8. The number of rotatable bonds is 2. The van der Waals surface area contributed by atoms with Crippen LogP contribution < -0.4 is 5.73 Å². The molecule has 1 amide bonds. The molecule has 2 aromatic heterocycles. The molecule has 6 nitrogen and oxygen atoms in total. The van der Waals surface area contributed by atoms with E-state index in [0.29, 0.717) is 11.7 Å². The van der Waals surface area contributed by atoms with Crippen molar-refractivity contribution in [2.45, 2.75) is 19.8 Å². The Morgan fingerprint density at radius 1 is 1.47 bits per heavy atom. The molecule has 78 valence electrons. The molecule has 0 bridgehead atoms. The summed E-state index contributed by atoms with van der Waals surface area (Å²) in [4.78, 5) is 19.0. The number of hydrogen-bond acceptors (Lipinski definition) is 4. The van der Waals surface area contributed by atoms with Crippen LogP contribution in [0.15, 0.2) is 12.3 Å². The van der Waals surface area contributed by atoms with E-state index in [1.54, 1.807) is 6.20 Å². The van der Waals surface area contributed by atoms with Crippen molar-refractivity contribution >= 4 is 11.7 Å². The van der Waals surface area contributed by atoms with Crippen LogP contribution in [0.5, 0.6) is 0 Å². The first-order valence-electron chi connectivity index (χ1n) is 4.61. The molecule has 2 heterocycles. The van der Waals surface area contributed by atoms with Crippen molar-refractivity contribution in [3.05, 3.63) is 23.8 Å². The Hall–Kier alpha value is -1.98. The number of primary amides is 1. The predicted molar refractivity (Wildman–Crippen MR) is 53.4 cm³/mol. The molecule has 0 unspecified atom stereocenters. The third kappa shape index (κ3) is 1.65. The molecular formula is C9H11N5O. The van der Waals surface area contributed by atoms with Gasteiger partial charge in [0.15, 0.2) is 0 Å². The Labute approximate surface area is 86.1 Å². The topological polar surface area (TPSA) is 86.2 Å². The van der Waals surface area contributed by atoms with E-state index >= 15 is 0 Å². The molecule has 0 aromatic carbocycles. The maximum Gasteiger partial charge on any atom is 0.288 e. The van der Waals surface area contributed by atoms with Crippen LogP contribution in [0.1, 0.15) is 36.1 Å². The van der Waals surface area contributed by atoms with Crippen LogP contribution in [0.25, 0.3) is 5.78 Å². The van der Waals surface area contributed by atoms with Crippen molar-refractivity contribution in [2.24, 2.45) is 5.73 Å². The normalized spacial score (nSPS) is 11.1. The van der Waals surface area contributed by atoms with Crippen LogP contribution in [0.2, 0.25) is 0 Å². The standard InChI is InChI=1S/C9H11N5O/c1-5(2)6-3-4-14-9(11-6)12-8(13-14)7(10)15/h3-5H,1-2H3,(H2,10,15). The molecule has 2 N–H and O–H groups in total. The quantitative estimate of drug-likeness (QED) is 0.766. The average Bonchev–Trinajstić information content (AvgIpc) is 2.59. The molecule has 0 fully saturated rings. The van der Waals surface area contributed by atoms with Crippen molar-refractivity contribution in [3.63, 3.8) is 0 Å². The highest BCUT2D eigenvalue weighted by molar-refractivity contribution is 5.89. The Morgan fingerprint density at radius 3 is 2.80 bits per heavy atom. The molecule has 0 saturated carbocycles. The molecule has 2 rings (SSSR count). The summed E-state index contributed by atoms with van der Waals surface area (Å²) in [7, 11) is 0. The average molecular weight is 205 g/mol. The lowest BCUT2D eigenvalue weighted by Gasteiger charge is -2.02. The Balaban J connectivity index is 2.57. The van der Waals surface area contributed by atoms with Crippen molar-refractivity contribution in [2.75, 3.05) is 0 Å². The second-order valence-corrected chi connectivity index (χ2v) is 3.55. The van der Waals surface area contributed by atoms with Crippen LogP contribution in [0.4, 0.5) is 0 Å². The van der Waals surface area contributed by atoms with E-state index in [-0.39, 0.29) is 5.82 Å². The minimum absolute atomic E-state index is 0.0107. The summed E-state index contributed by atoms with van der Waals surface area (Å²) in [6.07, 6.45) is 1.72. The van der Waals surface area contributed by atoms with Crippen LogP contribution in [0.3, 0.4) is 0 Å².